The molecular weight excluding hydrogens is 173 g/mol. The van der Waals surface area contributed by atoms with Gasteiger partial charge in [-0.2, -0.15) is 5.26 Å². The predicted molar refractivity (Wildman–Crippen MR) is 35.6 cm³/mol. The number of hydrogen-bond donors (Lipinski definition) is 0. The molecule has 1 aromatic heterocycles. The summed E-state index contributed by atoms with van der Waals surface area (Å²) in [6, 6.07) is 1.74. The van der Waals surface area contributed by atoms with Crippen LogP contribution in [0.25, 0.3) is 0 Å². The molecule has 1 heterocycles. The molecule has 0 atom stereocenters. The summed E-state index contributed by atoms with van der Waals surface area (Å²) in [6.45, 7) is 0. The third-order valence-electron chi connectivity index (χ3n) is 0.805. The summed E-state index contributed by atoms with van der Waals surface area (Å²) in [5.41, 5.74) is 0.0432. The lowest BCUT2D eigenvalue weighted by Gasteiger charge is -1.91. The fraction of sp³-hybridized carbons (Fsp3) is 0. The van der Waals surface area contributed by atoms with Crippen molar-refractivity contribution < 1.29 is 0 Å². The van der Waals surface area contributed by atoms with Gasteiger partial charge in [-0.15, -0.1) is 0 Å². The number of nitriles is 1. The van der Waals surface area contributed by atoms with Crippen LogP contribution in [0, 0.1) is 17.7 Å². The van der Waals surface area contributed by atoms with E-state index in [-0.39, 0.29) is 15.9 Å². The topological polar surface area (TPSA) is 49.6 Å². The summed E-state index contributed by atoms with van der Waals surface area (Å²) in [5, 5.41) is 8.46. The SMILES string of the molecule is N#Cc1n[c]nc(Cl)c1Cl. The largest absolute Gasteiger partial charge is 0.213 e. The van der Waals surface area contributed by atoms with Crippen LogP contribution in [0.1, 0.15) is 5.69 Å². The maximum Gasteiger partial charge on any atom is 0.200 e. The van der Waals surface area contributed by atoms with Crippen LogP contribution in [0.5, 0.6) is 0 Å². The van der Waals surface area contributed by atoms with Crippen LogP contribution < -0.4 is 0 Å². The van der Waals surface area contributed by atoms with E-state index < -0.39 is 0 Å². The summed E-state index contributed by atoms with van der Waals surface area (Å²) in [5.74, 6) is 0. The van der Waals surface area contributed by atoms with Crippen molar-refractivity contribution in [3.63, 3.8) is 0 Å². The van der Waals surface area contributed by atoms with Crippen LogP contribution in [0.4, 0.5) is 0 Å². The highest BCUT2D eigenvalue weighted by molar-refractivity contribution is 6.41. The zero-order chi connectivity index (χ0) is 7.56. The average molecular weight is 173 g/mol. The molecule has 1 aromatic rings. The maximum atomic E-state index is 8.34. The third-order valence-corrected chi connectivity index (χ3v) is 1.53. The van der Waals surface area contributed by atoms with E-state index in [2.05, 4.69) is 16.3 Å². The second-order valence-electron chi connectivity index (χ2n) is 1.39. The fourth-order valence-electron chi connectivity index (χ4n) is 0.389. The molecule has 0 saturated carbocycles. The van der Waals surface area contributed by atoms with Gasteiger partial charge in [0.05, 0.1) is 0 Å². The molecular formula is C5Cl2N3. The summed E-state index contributed by atoms with van der Waals surface area (Å²) in [7, 11) is 0. The minimum atomic E-state index is 0.0432. The highest BCUT2D eigenvalue weighted by atomic mass is 35.5. The van der Waals surface area contributed by atoms with Crippen LogP contribution in [-0.2, 0) is 0 Å². The molecule has 0 bridgehead atoms. The molecule has 0 amide bonds. The summed E-state index contributed by atoms with van der Waals surface area (Å²) < 4.78 is 0. The van der Waals surface area contributed by atoms with Crippen molar-refractivity contribution in [3.8, 4) is 6.07 Å². The Balaban J connectivity index is 3.31. The molecule has 5 heteroatoms. The minimum Gasteiger partial charge on any atom is -0.213 e. The van der Waals surface area contributed by atoms with Gasteiger partial charge in [0.2, 0.25) is 6.33 Å². The van der Waals surface area contributed by atoms with Crippen LogP contribution in [0.15, 0.2) is 0 Å². The van der Waals surface area contributed by atoms with Crippen molar-refractivity contribution >= 4 is 23.2 Å². The Morgan fingerprint density at radius 2 is 2.10 bits per heavy atom. The monoisotopic (exact) mass is 172 g/mol. The Hall–Kier alpha value is -0.850. The molecule has 10 heavy (non-hydrogen) atoms. The second-order valence-corrected chi connectivity index (χ2v) is 2.12. The second kappa shape index (κ2) is 2.82. The molecule has 3 nitrogen and oxygen atoms in total. The van der Waals surface area contributed by atoms with Gasteiger partial charge in [0, 0.05) is 0 Å². The number of hydrogen-bond acceptors (Lipinski definition) is 3. The Bertz CT molecular complexity index is 291. The smallest absolute Gasteiger partial charge is 0.200 e. The van der Waals surface area contributed by atoms with E-state index >= 15 is 0 Å². The standard InChI is InChI=1S/C5Cl2N3/c6-4-3(1-8)9-2-10-5(4)7. The first-order chi connectivity index (χ1) is 4.75. The lowest BCUT2D eigenvalue weighted by molar-refractivity contribution is 1.12. The number of aromatic nitrogens is 2. The van der Waals surface area contributed by atoms with E-state index in [1.807, 2.05) is 0 Å². The summed E-state index contributed by atoms with van der Waals surface area (Å²) >= 11 is 10.9. The van der Waals surface area contributed by atoms with Crippen LogP contribution >= 0.6 is 23.2 Å². The predicted octanol–water partition coefficient (Wildman–Crippen LogP) is 1.46. The van der Waals surface area contributed by atoms with Crippen molar-refractivity contribution in [1.29, 1.82) is 5.26 Å². The quantitative estimate of drug-likeness (QED) is 0.558. The van der Waals surface area contributed by atoms with Crippen LogP contribution in [0.3, 0.4) is 0 Å². The van der Waals surface area contributed by atoms with Crippen molar-refractivity contribution in [3.05, 3.63) is 22.2 Å². The average Bonchev–Trinajstić information content (AvgIpc) is 1.95. The van der Waals surface area contributed by atoms with E-state index in [0.29, 0.717) is 0 Å². The van der Waals surface area contributed by atoms with Crippen molar-refractivity contribution in [2.75, 3.05) is 0 Å². The van der Waals surface area contributed by atoms with Crippen molar-refractivity contribution in [2.45, 2.75) is 0 Å². The van der Waals surface area contributed by atoms with Crippen molar-refractivity contribution in [1.82, 2.24) is 9.97 Å². The zero-order valence-electron chi connectivity index (χ0n) is 4.60. The Morgan fingerprint density at radius 1 is 1.40 bits per heavy atom. The first kappa shape index (κ1) is 7.26. The third kappa shape index (κ3) is 1.18. The van der Waals surface area contributed by atoms with Gasteiger partial charge in [-0.05, 0) is 0 Å². The molecule has 0 aromatic carbocycles. The maximum absolute atomic E-state index is 8.34. The number of rotatable bonds is 0. The van der Waals surface area contributed by atoms with Crippen molar-refractivity contribution in [2.24, 2.45) is 0 Å². The first-order valence-electron chi connectivity index (χ1n) is 2.25. The first-order valence-corrected chi connectivity index (χ1v) is 3.00. The lowest BCUT2D eigenvalue weighted by Crippen LogP contribution is -1.87. The molecule has 0 saturated heterocycles. The normalized spacial score (nSPS) is 8.90. The van der Waals surface area contributed by atoms with Crippen LogP contribution in [-0.4, -0.2) is 9.97 Å². The van der Waals surface area contributed by atoms with Gasteiger partial charge in [0.15, 0.2) is 10.8 Å². The van der Waals surface area contributed by atoms with E-state index in [9.17, 15) is 0 Å². The van der Waals surface area contributed by atoms with E-state index in [4.69, 9.17) is 28.5 Å². The van der Waals surface area contributed by atoms with Gasteiger partial charge in [-0.1, -0.05) is 23.2 Å². The van der Waals surface area contributed by atoms with Gasteiger partial charge >= 0.3 is 0 Å². The van der Waals surface area contributed by atoms with Gasteiger partial charge in [0.1, 0.15) is 11.1 Å². The van der Waals surface area contributed by atoms with Gasteiger partial charge in [-0.3, -0.25) is 0 Å². The number of nitrogens with zero attached hydrogens (tertiary/aromatic N) is 3. The molecule has 0 spiro atoms. The van der Waals surface area contributed by atoms with Crippen LogP contribution in [0.2, 0.25) is 10.2 Å². The van der Waals surface area contributed by atoms with Gasteiger partial charge in [-0.25, -0.2) is 9.97 Å². The van der Waals surface area contributed by atoms with E-state index in [0.717, 1.165) is 0 Å². The molecule has 49 valence electrons. The summed E-state index contributed by atoms with van der Waals surface area (Å²) in [4.78, 5) is 6.88. The molecule has 1 radical (unpaired) electrons. The fourth-order valence-corrected chi connectivity index (χ4v) is 0.643. The Labute approximate surface area is 67.2 Å². The molecule has 0 aliphatic carbocycles. The lowest BCUT2D eigenvalue weighted by atomic mass is 10.4. The minimum absolute atomic E-state index is 0.0432. The highest BCUT2D eigenvalue weighted by Gasteiger charge is 2.04. The molecule has 0 aliphatic rings. The Kier molecular flexibility index (Phi) is 2.05. The highest BCUT2D eigenvalue weighted by Crippen LogP contribution is 2.19. The van der Waals surface area contributed by atoms with E-state index in [1.54, 1.807) is 6.07 Å². The van der Waals surface area contributed by atoms with Gasteiger partial charge in [0.25, 0.3) is 0 Å². The van der Waals surface area contributed by atoms with Gasteiger partial charge < -0.3 is 0 Å². The summed E-state index contributed by atoms with van der Waals surface area (Å²) in [6.07, 6.45) is 2.18. The van der Waals surface area contributed by atoms with E-state index in [1.165, 1.54) is 0 Å². The molecule has 0 unspecified atom stereocenters. The zero-order valence-corrected chi connectivity index (χ0v) is 6.11. The number of halogens is 2. The molecule has 1 rings (SSSR count). The molecule has 0 aliphatic heterocycles. The Morgan fingerprint density at radius 3 is 2.60 bits per heavy atom. The molecule has 0 N–H and O–H groups in total. The molecule has 0 fully saturated rings.